The molecule has 0 aliphatic rings. The maximum Gasteiger partial charge on any atom is 0.255 e. The minimum Gasteiger partial charge on any atom is -0.322 e. The van der Waals surface area contributed by atoms with E-state index in [0.717, 1.165) is 27.8 Å². The van der Waals surface area contributed by atoms with Gasteiger partial charge in [-0.05, 0) is 61.0 Å². The molecule has 1 N–H and O–H groups in total. The van der Waals surface area contributed by atoms with Crippen LogP contribution in [0.15, 0.2) is 108 Å². The van der Waals surface area contributed by atoms with Crippen LogP contribution in [0, 0.1) is 6.92 Å². The monoisotopic (exact) mass is 510 g/mol. The number of benzene rings is 4. The van der Waals surface area contributed by atoms with Crippen molar-refractivity contribution in [2.75, 3.05) is 5.32 Å². The average Bonchev–Trinajstić information content (AvgIpc) is 3.34. The molecule has 5 aromatic rings. The minimum absolute atomic E-state index is 0.164. The minimum atomic E-state index is -0.164. The highest BCUT2D eigenvalue weighted by Gasteiger charge is 2.16. The predicted octanol–water partition coefficient (Wildman–Crippen LogP) is 7.44. The zero-order valence-corrected chi connectivity index (χ0v) is 21.1. The fourth-order valence-corrected chi connectivity index (χ4v) is 4.73. The van der Waals surface area contributed by atoms with Gasteiger partial charge in [-0.15, -0.1) is 10.2 Å². The van der Waals surface area contributed by atoms with E-state index in [1.54, 1.807) is 36.0 Å². The number of rotatable bonds is 7. The zero-order chi connectivity index (χ0) is 24.9. The first-order valence-electron chi connectivity index (χ1n) is 11.4. The van der Waals surface area contributed by atoms with Gasteiger partial charge < -0.3 is 5.32 Å². The lowest BCUT2D eigenvalue weighted by Crippen LogP contribution is -2.11. The SMILES string of the molecule is Cc1ccc(-n2c(SCc3ccc(C(=O)Nc4ccc(Cl)cc4)cc3)nnc2-c2ccccc2)cc1. The van der Waals surface area contributed by atoms with Gasteiger partial charge in [-0.1, -0.05) is 83.5 Å². The number of nitrogens with one attached hydrogen (secondary N) is 1. The summed E-state index contributed by atoms with van der Waals surface area (Å²) in [5.74, 6) is 1.33. The molecule has 0 fully saturated rings. The molecule has 0 saturated heterocycles. The van der Waals surface area contributed by atoms with Crippen LogP contribution in [0.1, 0.15) is 21.5 Å². The lowest BCUT2D eigenvalue weighted by atomic mass is 10.1. The highest BCUT2D eigenvalue weighted by atomic mass is 35.5. The Bertz CT molecular complexity index is 1470. The van der Waals surface area contributed by atoms with E-state index in [2.05, 4.69) is 51.3 Å². The van der Waals surface area contributed by atoms with E-state index < -0.39 is 0 Å². The molecule has 5 nitrogen and oxygen atoms in total. The number of hydrogen-bond acceptors (Lipinski definition) is 4. The summed E-state index contributed by atoms with van der Waals surface area (Å²) in [6.07, 6.45) is 0. The molecule has 36 heavy (non-hydrogen) atoms. The molecule has 1 amide bonds. The van der Waals surface area contributed by atoms with E-state index in [1.165, 1.54) is 5.56 Å². The van der Waals surface area contributed by atoms with Crippen molar-refractivity contribution >= 4 is 35.0 Å². The number of amides is 1. The van der Waals surface area contributed by atoms with Crippen molar-refractivity contribution in [3.05, 3.63) is 125 Å². The Morgan fingerprint density at radius 2 is 1.56 bits per heavy atom. The number of carbonyl (C=O) groups excluding carboxylic acids is 1. The summed E-state index contributed by atoms with van der Waals surface area (Å²) in [5.41, 5.74) is 5.60. The van der Waals surface area contributed by atoms with Crippen LogP contribution >= 0.6 is 23.4 Å². The first kappa shape index (κ1) is 23.9. The van der Waals surface area contributed by atoms with Crippen molar-refractivity contribution in [2.24, 2.45) is 0 Å². The Labute approximate surface area is 219 Å². The van der Waals surface area contributed by atoms with Crippen molar-refractivity contribution in [3.8, 4) is 17.1 Å². The summed E-state index contributed by atoms with van der Waals surface area (Å²) >= 11 is 7.52. The molecule has 5 rings (SSSR count). The first-order valence-corrected chi connectivity index (χ1v) is 12.8. The highest BCUT2D eigenvalue weighted by Crippen LogP contribution is 2.30. The summed E-state index contributed by atoms with van der Waals surface area (Å²) in [6, 6.07) is 33.1. The van der Waals surface area contributed by atoms with Gasteiger partial charge in [-0.25, -0.2) is 0 Å². The normalized spacial score (nSPS) is 10.8. The van der Waals surface area contributed by atoms with Crippen LogP contribution in [0.5, 0.6) is 0 Å². The van der Waals surface area contributed by atoms with Gasteiger partial charge in [0.05, 0.1) is 0 Å². The molecular formula is C29H23ClN4OS. The molecule has 7 heteroatoms. The number of hydrogen-bond donors (Lipinski definition) is 1. The van der Waals surface area contributed by atoms with Crippen LogP contribution in [-0.4, -0.2) is 20.7 Å². The van der Waals surface area contributed by atoms with Crippen molar-refractivity contribution in [3.63, 3.8) is 0 Å². The van der Waals surface area contributed by atoms with E-state index in [9.17, 15) is 4.79 Å². The highest BCUT2D eigenvalue weighted by molar-refractivity contribution is 7.98. The maximum absolute atomic E-state index is 12.6. The van der Waals surface area contributed by atoms with Gasteiger partial charge in [0.15, 0.2) is 11.0 Å². The molecule has 0 radical (unpaired) electrons. The first-order chi connectivity index (χ1) is 17.6. The smallest absolute Gasteiger partial charge is 0.255 e. The standard InChI is InChI=1S/C29H23ClN4OS/c1-20-7-17-26(18-8-20)34-27(22-5-3-2-4-6-22)32-33-29(34)36-19-21-9-11-23(12-10-21)28(35)31-25-15-13-24(30)14-16-25/h2-18H,19H2,1H3,(H,31,35). The number of aromatic nitrogens is 3. The molecule has 0 atom stereocenters. The van der Waals surface area contributed by atoms with Crippen molar-refractivity contribution < 1.29 is 4.79 Å². The van der Waals surface area contributed by atoms with E-state index >= 15 is 0 Å². The topological polar surface area (TPSA) is 59.8 Å². The van der Waals surface area contributed by atoms with Crippen molar-refractivity contribution in [2.45, 2.75) is 17.8 Å². The number of nitrogens with zero attached hydrogens (tertiary/aromatic N) is 3. The van der Waals surface area contributed by atoms with Gasteiger partial charge in [-0.3, -0.25) is 9.36 Å². The second-order valence-corrected chi connectivity index (χ2v) is 9.67. The molecule has 0 spiro atoms. The van der Waals surface area contributed by atoms with Crippen molar-refractivity contribution in [1.82, 2.24) is 14.8 Å². The number of anilines is 1. The van der Waals surface area contributed by atoms with Crippen LogP contribution in [0.3, 0.4) is 0 Å². The number of carbonyl (C=O) groups is 1. The van der Waals surface area contributed by atoms with Crippen molar-refractivity contribution in [1.29, 1.82) is 0 Å². The Morgan fingerprint density at radius 1 is 0.861 bits per heavy atom. The van der Waals surface area contributed by atoms with Gasteiger partial charge in [0.1, 0.15) is 0 Å². The number of halogens is 1. The second kappa shape index (κ2) is 10.8. The molecule has 4 aromatic carbocycles. The fourth-order valence-electron chi connectivity index (χ4n) is 3.70. The number of thioether (sulfide) groups is 1. The van der Waals surface area contributed by atoms with Crippen LogP contribution < -0.4 is 5.32 Å². The van der Waals surface area contributed by atoms with Gasteiger partial charge in [0.2, 0.25) is 0 Å². The molecule has 178 valence electrons. The van der Waals surface area contributed by atoms with Crippen LogP contribution in [0.2, 0.25) is 5.02 Å². The lowest BCUT2D eigenvalue weighted by Gasteiger charge is -2.11. The summed E-state index contributed by atoms with van der Waals surface area (Å²) in [4.78, 5) is 12.6. The molecule has 1 aromatic heterocycles. The Hall–Kier alpha value is -3.87. The molecule has 0 unspecified atom stereocenters. The quantitative estimate of drug-likeness (QED) is 0.231. The maximum atomic E-state index is 12.6. The van der Waals surface area contributed by atoms with Gasteiger partial charge >= 0.3 is 0 Å². The Kier molecular flexibility index (Phi) is 7.16. The fraction of sp³-hybridized carbons (Fsp3) is 0.0690. The predicted molar refractivity (Wildman–Crippen MR) is 147 cm³/mol. The summed E-state index contributed by atoms with van der Waals surface area (Å²) in [5, 5.41) is 13.3. The molecule has 1 heterocycles. The molecule has 0 saturated carbocycles. The summed E-state index contributed by atoms with van der Waals surface area (Å²) < 4.78 is 2.09. The molecule has 0 bridgehead atoms. The summed E-state index contributed by atoms with van der Waals surface area (Å²) in [7, 11) is 0. The third kappa shape index (κ3) is 5.51. The van der Waals surface area contributed by atoms with E-state index in [0.29, 0.717) is 22.0 Å². The second-order valence-electron chi connectivity index (χ2n) is 8.29. The number of aryl methyl sites for hydroxylation is 1. The van der Waals surface area contributed by atoms with Gasteiger partial charge in [-0.2, -0.15) is 0 Å². The Morgan fingerprint density at radius 3 is 2.25 bits per heavy atom. The third-order valence-electron chi connectivity index (χ3n) is 5.64. The molecule has 0 aliphatic heterocycles. The average molecular weight is 511 g/mol. The van der Waals surface area contributed by atoms with Crippen LogP contribution in [-0.2, 0) is 5.75 Å². The van der Waals surface area contributed by atoms with E-state index in [4.69, 9.17) is 11.6 Å². The van der Waals surface area contributed by atoms with Gasteiger partial charge in [0, 0.05) is 33.3 Å². The van der Waals surface area contributed by atoms with Crippen LogP contribution in [0.25, 0.3) is 17.1 Å². The van der Waals surface area contributed by atoms with E-state index in [1.807, 2.05) is 54.6 Å². The van der Waals surface area contributed by atoms with Gasteiger partial charge in [0.25, 0.3) is 5.91 Å². The Balaban J connectivity index is 1.33. The lowest BCUT2D eigenvalue weighted by molar-refractivity contribution is 0.102. The molecular weight excluding hydrogens is 488 g/mol. The van der Waals surface area contributed by atoms with E-state index in [-0.39, 0.29) is 5.91 Å². The summed E-state index contributed by atoms with van der Waals surface area (Å²) in [6.45, 7) is 2.07. The molecule has 0 aliphatic carbocycles. The zero-order valence-electron chi connectivity index (χ0n) is 19.6. The van der Waals surface area contributed by atoms with Crippen LogP contribution in [0.4, 0.5) is 5.69 Å². The largest absolute Gasteiger partial charge is 0.322 e. The third-order valence-corrected chi connectivity index (χ3v) is 6.90.